The van der Waals surface area contributed by atoms with E-state index in [4.69, 9.17) is 9.47 Å². The standard InChI is InChI=1S/C23H20F3N5O4S/c1-34-23-19(8-13(24)10-28-23)36(32,33)31-18-5-4-17(25)15(20(18)26)6-7-35-14-9-16-21(12-2-3-12)29-30-22(16)27-11-14/h4-5,8-12,31H,2-3,6-7H2,1H3,(H,27,29,30). The summed E-state index contributed by atoms with van der Waals surface area (Å²) in [4.78, 5) is 7.20. The Morgan fingerprint density at radius 3 is 2.69 bits per heavy atom. The summed E-state index contributed by atoms with van der Waals surface area (Å²) in [6.45, 7) is -0.102. The highest BCUT2D eigenvalue weighted by Crippen LogP contribution is 2.42. The van der Waals surface area contributed by atoms with Crippen LogP contribution in [0.1, 0.15) is 30.0 Å². The summed E-state index contributed by atoms with van der Waals surface area (Å²) in [5, 5.41) is 8.01. The summed E-state index contributed by atoms with van der Waals surface area (Å²) in [5.74, 6) is -2.50. The van der Waals surface area contributed by atoms with Gasteiger partial charge in [0.25, 0.3) is 10.0 Å². The SMILES string of the molecule is COc1ncc(F)cc1S(=O)(=O)Nc1ccc(F)c(CCOc2cnc3[nH]nc(C4CC4)c3c2)c1F. The van der Waals surface area contributed by atoms with Crippen LogP contribution in [0.5, 0.6) is 11.6 Å². The van der Waals surface area contributed by atoms with E-state index in [1.54, 1.807) is 6.07 Å². The number of anilines is 1. The van der Waals surface area contributed by atoms with Crippen molar-refractivity contribution < 1.29 is 31.1 Å². The number of hydrogen-bond acceptors (Lipinski definition) is 7. The van der Waals surface area contributed by atoms with E-state index in [0.29, 0.717) is 23.4 Å². The van der Waals surface area contributed by atoms with Gasteiger partial charge in [0, 0.05) is 29.4 Å². The van der Waals surface area contributed by atoms with Gasteiger partial charge in [0.15, 0.2) is 16.4 Å². The Balaban J connectivity index is 1.33. The molecule has 0 amide bonds. The van der Waals surface area contributed by atoms with E-state index in [-0.39, 0.29) is 24.5 Å². The summed E-state index contributed by atoms with van der Waals surface area (Å²) in [5.41, 5.74) is 0.653. The highest BCUT2D eigenvalue weighted by molar-refractivity contribution is 7.92. The van der Waals surface area contributed by atoms with Crippen molar-refractivity contribution in [3.63, 3.8) is 0 Å². The van der Waals surface area contributed by atoms with Crippen molar-refractivity contribution in [2.24, 2.45) is 0 Å². The Kier molecular flexibility index (Phi) is 6.16. The molecule has 1 saturated carbocycles. The van der Waals surface area contributed by atoms with Gasteiger partial charge in [-0.3, -0.25) is 9.82 Å². The first-order valence-corrected chi connectivity index (χ1v) is 12.4. The van der Waals surface area contributed by atoms with Crippen molar-refractivity contribution in [1.82, 2.24) is 20.2 Å². The number of fused-ring (bicyclic) bond motifs is 1. The van der Waals surface area contributed by atoms with Crippen LogP contribution in [0.3, 0.4) is 0 Å². The maximum atomic E-state index is 15.1. The number of halogens is 3. The Bertz CT molecular complexity index is 1560. The average Bonchev–Trinajstić information content (AvgIpc) is 3.61. The molecule has 36 heavy (non-hydrogen) atoms. The maximum absolute atomic E-state index is 15.1. The van der Waals surface area contributed by atoms with Crippen LogP contribution in [0.2, 0.25) is 0 Å². The highest BCUT2D eigenvalue weighted by Gasteiger charge is 2.28. The molecule has 0 radical (unpaired) electrons. The molecule has 3 aromatic heterocycles. The number of aromatic nitrogens is 4. The molecule has 3 heterocycles. The van der Waals surface area contributed by atoms with Crippen LogP contribution in [0.25, 0.3) is 11.0 Å². The second-order valence-electron chi connectivity index (χ2n) is 8.20. The minimum atomic E-state index is -4.50. The van der Waals surface area contributed by atoms with E-state index in [0.717, 1.165) is 49.4 Å². The predicted octanol–water partition coefficient (Wildman–Crippen LogP) is 4.08. The van der Waals surface area contributed by atoms with Gasteiger partial charge in [-0.15, -0.1) is 0 Å². The number of methoxy groups -OCH3 is 1. The smallest absolute Gasteiger partial charge is 0.267 e. The van der Waals surface area contributed by atoms with Gasteiger partial charge in [-0.25, -0.2) is 31.6 Å². The maximum Gasteiger partial charge on any atom is 0.267 e. The number of sulfonamides is 1. The Morgan fingerprint density at radius 1 is 1.14 bits per heavy atom. The molecule has 1 aliphatic carbocycles. The van der Waals surface area contributed by atoms with E-state index in [1.165, 1.54) is 6.20 Å². The predicted molar refractivity (Wildman–Crippen MR) is 123 cm³/mol. The topological polar surface area (TPSA) is 119 Å². The second-order valence-corrected chi connectivity index (χ2v) is 9.85. The zero-order valence-corrected chi connectivity index (χ0v) is 19.7. The quantitative estimate of drug-likeness (QED) is 0.342. The summed E-state index contributed by atoms with van der Waals surface area (Å²) < 4.78 is 81.2. The molecule has 4 aromatic rings. The molecule has 2 N–H and O–H groups in total. The molecule has 0 saturated heterocycles. The molecule has 1 aliphatic rings. The number of rotatable bonds is 9. The molecule has 13 heteroatoms. The number of ether oxygens (including phenoxy) is 2. The van der Waals surface area contributed by atoms with Crippen molar-refractivity contribution in [2.75, 3.05) is 18.4 Å². The van der Waals surface area contributed by atoms with E-state index in [9.17, 15) is 17.2 Å². The first-order chi connectivity index (χ1) is 17.3. The van der Waals surface area contributed by atoms with E-state index >= 15 is 4.39 Å². The molecule has 0 unspecified atom stereocenters. The fourth-order valence-corrected chi connectivity index (χ4v) is 4.97. The number of nitrogens with one attached hydrogen (secondary N) is 2. The molecular weight excluding hydrogens is 499 g/mol. The van der Waals surface area contributed by atoms with Crippen LogP contribution < -0.4 is 14.2 Å². The lowest BCUT2D eigenvalue weighted by molar-refractivity contribution is 0.317. The number of hydrogen-bond donors (Lipinski definition) is 2. The number of benzene rings is 1. The number of H-pyrrole nitrogens is 1. The fraction of sp³-hybridized carbons (Fsp3) is 0.261. The first kappa shape index (κ1) is 23.9. The summed E-state index contributed by atoms with van der Waals surface area (Å²) in [7, 11) is -3.35. The van der Waals surface area contributed by atoms with Crippen LogP contribution in [0, 0.1) is 17.5 Å². The lowest BCUT2D eigenvalue weighted by atomic mass is 10.1. The van der Waals surface area contributed by atoms with Gasteiger partial charge in [0.1, 0.15) is 17.4 Å². The summed E-state index contributed by atoms with van der Waals surface area (Å²) in [6.07, 6.45) is 4.19. The minimum absolute atomic E-state index is 0.102. The molecule has 0 spiro atoms. The minimum Gasteiger partial charge on any atom is -0.492 e. The van der Waals surface area contributed by atoms with Gasteiger partial charge in [-0.1, -0.05) is 0 Å². The van der Waals surface area contributed by atoms with Gasteiger partial charge >= 0.3 is 0 Å². The van der Waals surface area contributed by atoms with E-state index < -0.39 is 38.1 Å². The van der Waals surface area contributed by atoms with E-state index in [1.807, 2.05) is 4.72 Å². The monoisotopic (exact) mass is 519 g/mol. The zero-order chi connectivity index (χ0) is 25.4. The van der Waals surface area contributed by atoms with Crippen LogP contribution in [0.4, 0.5) is 18.9 Å². The van der Waals surface area contributed by atoms with Crippen molar-refractivity contribution in [3.05, 3.63) is 65.4 Å². The fourth-order valence-electron chi connectivity index (χ4n) is 3.78. The van der Waals surface area contributed by atoms with Crippen molar-refractivity contribution in [1.29, 1.82) is 0 Å². The van der Waals surface area contributed by atoms with Gasteiger partial charge in [-0.05, 0) is 31.0 Å². The lowest BCUT2D eigenvalue weighted by Crippen LogP contribution is -2.17. The van der Waals surface area contributed by atoms with Gasteiger partial charge in [0.05, 0.1) is 37.5 Å². The van der Waals surface area contributed by atoms with Crippen LogP contribution in [-0.4, -0.2) is 42.3 Å². The highest BCUT2D eigenvalue weighted by atomic mass is 32.2. The first-order valence-electron chi connectivity index (χ1n) is 10.9. The van der Waals surface area contributed by atoms with Crippen LogP contribution >= 0.6 is 0 Å². The lowest BCUT2D eigenvalue weighted by Gasteiger charge is -2.14. The van der Waals surface area contributed by atoms with E-state index in [2.05, 4.69) is 20.2 Å². The Labute approximate surface area is 203 Å². The molecule has 0 aliphatic heterocycles. The zero-order valence-electron chi connectivity index (χ0n) is 18.9. The van der Waals surface area contributed by atoms with Crippen molar-refractivity contribution in [3.8, 4) is 11.6 Å². The van der Waals surface area contributed by atoms with Crippen molar-refractivity contribution in [2.45, 2.75) is 30.1 Å². The second kappa shape index (κ2) is 9.30. The molecule has 5 rings (SSSR count). The third-order valence-electron chi connectivity index (χ3n) is 5.70. The number of pyridine rings is 2. The van der Waals surface area contributed by atoms with Gasteiger partial charge in [0.2, 0.25) is 5.88 Å². The third kappa shape index (κ3) is 4.65. The molecule has 0 bridgehead atoms. The van der Waals surface area contributed by atoms with Crippen LogP contribution in [0.15, 0.2) is 41.6 Å². The molecule has 188 valence electrons. The molecule has 1 aromatic carbocycles. The molecule has 0 atom stereocenters. The summed E-state index contributed by atoms with van der Waals surface area (Å²) >= 11 is 0. The average molecular weight is 520 g/mol. The van der Waals surface area contributed by atoms with Crippen LogP contribution in [-0.2, 0) is 16.4 Å². The number of nitrogens with zero attached hydrogens (tertiary/aromatic N) is 3. The number of aromatic amines is 1. The molecule has 1 fully saturated rings. The Morgan fingerprint density at radius 2 is 1.94 bits per heavy atom. The normalized spacial score (nSPS) is 13.7. The van der Waals surface area contributed by atoms with Crippen molar-refractivity contribution >= 4 is 26.7 Å². The molecule has 9 nitrogen and oxygen atoms in total. The van der Waals surface area contributed by atoms with Gasteiger partial charge in [-0.2, -0.15) is 5.10 Å². The largest absolute Gasteiger partial charge is 0.492 e. The Hall–Kier alpha value is -3.87. The van der Waals surface area contributed by atoms with Gasteiger partial charge < -0.3 is 9.47 Å². The summed E-state index contributed by atoms with van der Waals surface area (Å²) in [6, 6.07) is 4.32. The third-order valence-corrected chi connectivity index (χ3v) is 7.06. The molecular formula is C23H20F3N5O4S.